The fourth-order valence-electron chi connectivity index (χ4n) is 1.36. The molecule has 7 heteroatoms. The van der Waals surface area contributed by atoms with Crippen LogP contribution in [0.15, 0.2) is 29.2 Å². The van der Waals surface area contributed by atoms with E-state index in [1.54, 1.807) is 0 Å². The molecule has 100 valence electrons. The molecule has 0 unspecified atom stereocenters. The van der Waals surface area contributed by atoms with Crippen molar-refractivity contribution in [3.63, 3.8) is 0 Å². The summed E-state index contributed by atoms with van der Waals surface area (Å²) in [6.45, 7) is 0.412. The molecular formula is C11H11F3O3S. The maximum Gasteiger partial charge on any atom is 0.501 e. The molecule has 0 aromatic heterocycles. The van der Waals surface area contributed by atoms with Crippen LogP contribution in [0.3, 0.4) is 0 Å². The van der Waals surface area contributed by atoms with Gasteiger partial charge < -0.3 is 4.74 Å². The molecule has 2 rings (SSSR count). The summed E-state index contributed by atoms with van der Waals surface area (Å²) in [5.74, 6) is 0.583. The van der Waals surface area contributed by atoms with Gasteiger partial charge in [0.2, 0.25) is 0 Å². The smallest absolute Gasteiger partial charge is 0.493 e. The molecule has 0 saturated heterocycles. The standard InChI is InChI=1S/C11H11F3O3S/c12-11(13,14)18(15,16)10-3-1-2-9(6-10)17-7-8-4-5-8/h1-3,6,8H,4-5,7H2. The molecule has 1 saturated carbocycles. The van der Waals surface area contributed by atoms with Crippen LogP contribution < -0.4 is 4.74 Å². The molecule has 1 aliphatic carbocycles. The molecule has 3 nitrogen and oxygen atoms in total. The second kappa shape index (κ2) is 4.46. The van der Waals surface area contributed by atoms with Crippen molar-refractivity contribution in [1.29, 1.82) is 0 Å². The Bertz CT molecular complexity index is 533. The molecule has 0 spiro atoms. The van der Waals surface area contributed by atoms with Gasteiger partial charge in [-0.1, -0.05) is 6.07 Å². The van der Waals surface area contributed by atoms with Crippen LogP contribution in [0.2, 0.25) is 0 Å². The van der Waals surface area contributed by atoms with Gasteiger partial charge in [0, 0.05) is 0 Å². The maximum absolute atomic E-state index is 12.3. The van der Waals surface area contributed by atoms with E-state index in [0.29, 0.717) is 12.5 Å². The third kappa shape index (κ3) is 2.77. The van der Waals surface area contributed by atoms with E-state index < -0.39 is 20.2 Å². The minimum atomic E-state index is -5.30. The summed E-state index contributed by atoms with van der Waals surface area (Å²) in [6, 6.07) is 4.50. The van der Waals surface area contributed by atoms with E-state index in [4.69, 9.17) is 4.74 Å². The number of hydrogen-bond donors (Lipinski definition) is 0. The summed E-state index contributed by atoms with van der Waals surface area (Å²) in [5.41, 5.74) is -5.29. The minimum absolute atomic E-state index is 0.146. The molecule has 1 fully saturated rings. The zero-order valence-electron chi connectivity index (χ0n) is 9.27. The summed E-state index contributed by atoms with van der Waals surface area (Å²) in [7, 11) is -5.30. The van der Waals surface area contributed by atoms with Crippen molar-refractivity contribution in [3.05, 3.63) is 24.3 Å². The van der Waals surface area contributed by atoms with Gasteiger partial charge in [0.1, 0.15) is 5.75 Å². The Morgan fingerprint density at radius 1 is 1.28 bits per heavy atom. The van der Waals surface area contributed by atoms with E-state index in [2.05, 4.69) is 0 Å². The fourth-order valence-corrected chi connectivity index (χ4v) is 2.16. The Labute approximate surface area is 102 Å². The predicted octanol–water partition coefficient (Wildman–Crippen LogP) is 2.77. The van der Waals surface area contributed by atoms with Crippen LogP contribution in [0.25, 0.3) is 0 Å². The molecule has 0 bridgehead atoms. The van der Waals surface area contributed by atoms with Crippen LogP contribution in [0.5, 0.6) is 5.75 Å². The highest BCUT2D eigenvalue weighted by Gasteiger charge is 2.46. The maximum atomic E-state index is 12.3. The lowest BCUT2D eigenvalue weighted by atomic mass is 10.3. The Morgan fingerprint density at radius 3 is 2.50 bits per heavy atom. The molecule has 0 radical (unpaired) electrons. The molecule has 18 heavy (non-hydrogen) atoms. The molecular weight excluding hydrogens is 269 g/mol. The van der Waals surface area contributed by atoms with Crippen molar-refractivity contribution in [2.75, 3.05) is 6.61 Å². The van der Waals surface area contributed by atoms with Crippen molar-refractivity contribution < 1.29 is 26.3 Å². The van der Waals surface area contributed by atoms with E-state index in [0.717, 1.165) is 25.0 Å². The van der Waals surface area contributed by atoms with E-state index in [9.17, 15) is 21.6 Å². The van der Waals surface area contributed by atoms with Gasteiger partial charge in [0.25, 0.3) is 9.84 Å². The zero-order chi connectivity index (χ0) is 13.4. The van der Waals surface area contributed by atoms with Gasteiger partial charge in [-0.3, -0.25) is 0 Å². The first-order chi connectivity index (χ1) is 8.30. The number of sulfone groups is 1. The lowest BCUT2D eigenvalue weighted by molar-refractivity contribution is -0.0436. The van der Waals surface area contributed by atoms with Crippen LogP contribution in [-0.4, -0.2) is 20.5 Å². The van der Waals surface area contributed by atoms with Gasteiger partial charge in [-0.15, -0.1) is 0 Å². The molecule has 1 aromatic rings. The van der Waals surface area contributed by atoms with Gasteiger partial charge >= 0.3 is 5.51 Å². The predicted molar refractivity (Wildman–Crippen MR) is 57.9 cm³/mol. The lowest BCUT2D eigenvalue weighted by Gasteiger charge is -2.10. The molecule has 0 aliphatic heterocycles. The number of halogens is 3. The van der Waals surface area contributed by atoms with E-state index in [1.165, 1.54) is 12.1 Å². The fraction of sp³-hybridized carbons (Fsp3) is 0.455. The molecule has 1 aliphatic rings. The third-order valence-corrected chi connectivity index (χ3v) is 4.09. The van der Waals surface area contributed by atoms with E-state index >= 15 is 0 Å². The Balaban J connectivity index is 2.20. The van der Waals surface area contributed by atoms with Crippen molar-refractivity contribution in [3.8, 4) is 5.75 Å². The average Bonchev–Trinajstić information content (AvgIpc) is 3.09. The number of ether oxygens (including phenoxy) is 1. The number of rotatable bonds is 4. The number of hydrogen-bond acceptors (Lipinski definition) is 3. The van der Waals surface area contributed by atoms with Gasteiger partial charge in [-0.2, -0.15) is 13.2 Å². The largest absolute Gasteiger partial charge is 0.501 e. The van der Waals surface area contributed by atoms with Gasteiger partial charge in [-0.25, -0.2) is 8.42 Å². The second-order valence-electron chi connectivity index (χ2n) is 4.18. The number of alkyl halides is 3. The lowest BCUT2D eigenvalue weighted by Crippen LogP contribution is -2.23. The van der Waals surface area contributed by atoms with Crippen molar-refractivity contribution >= 4 is 9.84 Å². The van der Waals surface area contributed by atoms with Crippen LogP contribution in [-0.2, 0) is 9.84 Å². The molecule has 0 amide bonds. The summed E-state index contributed by atoms with van der Waals surface area (Å²) in [4.78, 5) is -0.789. The topological polar surface area (TPSA) is 43.4 Å². The monoisotopic (exact) mass is 280 g/mol. The van der Waals surface area contributed by atoms with Gasteiger partial charge in [0.15, 0.2) is 0 Å². The van der Waals surface area contributed by atoms with Crippen LogP contribution in [0, 0.1) is 5.92 Å². The highest BCUT2D eigenvalue weighted by atomic mass is 32.2. The SMILES string of the molecule is O=S(=O)(c1cccc(OCC2CC2)c1)C(F)(F)F. The minimum Gasteiger partial charge on any atom is -0.493 e. The summed E-state index contributed by atoms with van der Waals surface area (Å²) in [5, 5.41) is 0. The Morgan fingerprint density at radius 2 is 1.94 bits per heavy atom. The Hall–Kier alpha value is -1.24. The molecule has 0 heterocycles. The second-order valence-corrected chi connectivity index (χ2v) is 6.12. The van der Waals surface area contributed by atoms with Crippen molar-refractivity contribution in [2.45, 2.75) is 23.2 Å². The Kier molecular flexibility index (Phi) is 3.27. The van der Waals surface area contributed by atoms with Crippen molar-refractivity contribution in [2.24, 2.45) is 5.92 Å². The quantitative estimate of drug-likeness (QED) is 0.851. The van der Waals surface area contributed by atoms with Crippen LogP contribution >= 0.6 is 0 Å². The van der Waals surface area contributed by atoms with E-state index in [1.807, 2.05) is 0 Å². The van der Waals surface area contributed by atoms with Gasteiger partial charge in [0.05, 0.1) is 11.5 Å². The molecule has 1 aromatic carbocycles. The first kappa shape index (κ1) is 13.2. The normalized spacial score (nSPS) is 16.6. The van der Waals surface area contributed by atoms with Crippen LogP contribution in [0.4, 0.5) is 13.2 Å². The third-order valence-electron chi connectivity index (χ3n) is 2.60. The summed E-state index contributed by atoms with van der Waals surface area (Å²) in [6.07, 6.45) is 2.08. The average molecular weight is 280 g/mol. The highest BCUT2D eigenvalue weighted by Crippen LogP contribution is 2.33. The molecule has 0 atom stereocenters. The highest BCUT2D eigenvalue weighted by molar-refractivity contribution is 7.92. The van der Waals surface area contributed by atoms with Crippen molar-refractivity contribution in [1.82, 2.24) is 0 Å². The number of benzene rings is 1. The van der Waals surface area contributed by atoms with Gasteiger partial charge in [-0.05, 0) is 37.0 Å². The zero-order valence-corrected chi connectivity index (χ0v) is 10.1. The van der Waals surface area contributed by atoms with E-state index in [-0.39, 0.29) is 5.75 Å². The molecule has 0 N–H and O–H groups in total. The summed E-state index contributed by atoms with van der Waals surface area (Å²) < 4.78 is 64.6. The first-order valence-corrected chi connectivity index (χ1v) is 6.83. The summed E-state index contributed by atoms with van der Waals surface area (Å²) >= 11 is 0. The van der Waals surface area contributed by atoms with Crippen LogP contribution in [0.1, 0.15) is 12.8 Å². The first-order valence-electron chi connectivity index (χ1n) is 5.35.